The standard InChI is InChI=1S/C20H31N3O3/c1-5-15(4)20(26)23-17-8-6-7-16(11-17)12-21-19(25)13-22-18(24)10-9-14(2)3/h6-8,11,14-15H,5,9-10,12-13H2,1-4H3,(H,21,25)(H,22,24)(H,23,26). The number of carbonyl (C=O) groups excluding carboxylic acids is 3. The molecule has 0 aliphatic heterocycles. The minimum atomic E-state index is -0.239. The number of anilines is 1. The Balaban J connectivity index is 2.40. The van der Waals surface area contributed by atoms with Gasteiger partial charge < -0.3 is 16.0 Å². The van der Waals surface area contributed by atoms with E-state index in [0.717, 1.165) is 18.4 Å². The molecule has 0 aliphatic rings. The second-order valence-electron chi connectivity index (χ2n) is 6.98. The Bertz CT molecular complexity index is 614. The van der Waals surface area contributed by atoms with Gasteiger partial charge in [-0.15, -0.1) is 0 Å². The third-order valence-corrected chi connectivity index (χ3v) is 4.14. The molecule has 6 heteroatoms. The molecule has 26 heavy (non-hydrogen) atoms. The molecular formula is C20H31N3O3. The normalized spacial score (nSPS) is 11.7. The van der Waals surface area contributed by atoms with Gasteiger partial charge >= 0.3 is 0 Å². The van der Waals surface area contributed by atoms with Crippen molar-refractivity contribution < 1.29 is 14.4 Å². The van der Waals surface area contributed by atoms with Crippen molar-refractivity contribution >= 4 is 23.4 Å². The number of hydrogen-bond donors (Lipinski definition) is 3. The molecule has 0 bridgehead atoms. The molecule has 0 saturated heterocycles. The largest absolute Gasteiger partial charge is 0.350 e. The van der Waals surface area contributed by atoms with Crippen LogP contribution in [0.25, 0.3) is 0 Å². The third kappa shape index (κ3) is 8.65. The number of nitrogens with one attached hydrogen (secondary N) is 3. The van der Waals surface area contributed by atoms with E-state index in [1.807, 2.05) is 38.1 Å². The first kappa shape index (κ1) is 21.7. The molecule has 0 saturated carbocycles. The summed E-state index contributed by atoms with van der Waals surface area (Å²) in [6.07, 6.45) is 2.02. The van der Waals surface area contributed by atoms with Crippen LogP contribution in [0.2, 0.25) is 0 Å². The Morgan fingerprint density at radius 1 is 1.04 bits per heavy atom. The van der Waals surface area contributed by atoms with Gasteiger partial charge in [-0.25, -0.2) is 0 Å². The summed E-state index contributed by atoms with van der Waals surface area (Å²) in [7, 11) is 0. The highest BCUT2D eigenvalue weighted by atomic mass is 16.2. The van der Waals surface area contributed by atoms with Crippen molar-refractivity contribution in [2.75, 3.05) is 11.9 Å². The fourth-order valence-electron chi connectivity index (χ4n) is 2.16. The zero-order valence-corrected chi connectivity index (χ0v) is 16.2. The molecule has 0 radical (unpaired) electrons. The number of rotatable bonds is 10. The van der Waals surface area contributed by atoms with Crippen molar-refractivity contribution in [3.05, 3.63) is 29.8 Å². The summed E-state index contributed by atoms with van der Waals surface area (Å²) >= 11 is 0. The van der Waals surface area contributed by atoms with Crippen molar-refractivity contribution in [3.8, 4) is 0 Å². The van der Waals surface area contributed by atoms with E-state index in [9.17, 15) is 14.4 Å². The van der Waals surface area contributed by atoms with Gasteiger partial charge in [0, 0.05) is 24.6 Å². The monoisotopic (exact) mass is 361 g/mol. The van der Waals surface area contributed by atoms with Crippen molar-refractivity contribution in [3.63, 3.8) is 0 Å². The van der Waals surface area contributed by atoms with Gasteiger partial charge in [-0.3, -0.25) is 14.4 Å². The summed E-state index contributed by atoms with van der Waals surface area (Å²) in [5.74, 6) is 0.0543. The topological polar surface area (TPSA) is 87.3 Å². The van der Waals surface area contributed by atoms with Gasteiger partial charge in [-0.05, 0) is 36.5 Å². The highest BCUT2D eigenvalue weighted by Gasteiger charge is 2.11. The first-order valence-corrected chi connectivity index (χ1v) is 9.25. The Kier molecular flexibility index (Phi) is 9.41. The van der Waals surface area contributed by atoms with Crippen molar-refractivity contribution in [2.24, 2.45) is 11.8 Å². The van der Waals surface area contributed by atoms with Gasteiger partial charge in [0.2, 0.25) is 17.7 Å². The van der Waals surface area contributed by atoms with E-state index in [2.05, 4.69) is 29.8 Å². The first-order valence-electron chi connectivity index (χ1n) is 9.25. The van der Waals surface area contributed by atoms with Crippen LogP contribution in [0.5, 0.6) is 0 Å². The van der Waals surface area contributed by atoms with Gasteiger partial charge in [-0.2, -0.15) is 0 Å². The van der Waals surface area contributed by atoms with Crippen molar-refractivity contribution in [2.45, 2.75) is 53.5 Å². The highest BCUT2D eigenvalue weighted by molar-refractivity contribution is 5.92. The Labute approximate surface area is 156 Å². The average molecular weight is 361 g/mol. The third-order valence-electron chi connectivity index (χ3n) is 4.14. The predicted molar refractivity (Wildman–Crippen MR) is 103 cm³/mol. The Morgan fingerprint density at radius 3 is 2.42 bits per heavy atom. The lowest BCUT2D eigenvalue weighted by molar-refractivity contribution is -0.126. The molecule has 3 amide bonds. The molecule has 6 nitrogen and oxygen atoms in total. The first-order chi connectivity index (χ1) is 12.3. The van der Waals surface area contributed by atoms with Crippen LogP contribution < -0.4 is 16.0 Å². The number of hydrogen-bond acceptors (Lipinski definition) is 3. The molecule has 0 spiro atoms. The minimum absolute atomic E-state index is 0.0159. The molecule has 144 valence electrons. The van der Waals surface area contributed by atoms with Crippen LogP contribution in [0, 0.1) is 11.8 Å². The maximum absolute atomic E-state index is 11.9. The molecule has 3 N–H and O–H groups in total. The van der Waals surface area contributed by atoms with E-state index in [4.69, 9.17) is 0 Å². The van der Waals surface area contributed by atoms with E-state index >= 15 is 0 Å². The second-order valence-corrected chi connectivity index (χ2v) is 6.98. The molecule has 1 aromatic carbocycles. The highest BCUT2D eigenvalue weighted by Crippen LogP contribution is 2.13. The van der Waals surface area contributed by atoms with Crippen molar-refractivity contribution in [1.82, 2.24) is 10.6 Å². The molecule has 1 unspecified atom stereocenters. The van der Waals surface area contributed by atoms with Crippen LogP contribution in [-0.4, -0.2) is 24.3 Å². The number of benzene rings is 1. The van der Waals surface area contributed by atoms with Gasteiger partial charge in [0.25, 0.3) is 0 Å². The fraction of sp³-hybridized carbons (Fsp3) is 0.550. The van der Waals surface area contributed by atoms with Gasteiger partial charge in [0.15, 0.2) is 0 Å². The van der Waals surface area contributed by atoms with Crippen LogP contribution in [-0.2, 0) is 20.9 Å². The molecule has 1 rings (SSSR count). The van der Waals surface area contributed by atoms with E-state index in [-0.39, 0.29) is 30.2 Å². The average Bonchev–Trinajstić information content (AvgIpc) is 2.62. The van der Waals surface area contributed by atoms with Crippen LogP contribution in [0.4, 0.5) is 5.69 Å². The molecule has 1 atom stereocenters. The lowest BCUT2D eigenvalue weighted by Gasteiger charge is -2.12. The summed E-state index contributed by atoms with van der Waals surface area (Å²) in [6.45, 7) is 8.28. The van der Waals surface area contributed by atoms with E-state index in [0.29, 0.717) is 24.6 Å². The van der Waals surface area contributed by atoms with E-state index in [1.165, 1.54) is 0 Å². The Morgan fingerprint density at radius 2 is 1.77 bits per heavy atom. The number of amides is 3. The van der Waals surface area contributed by atoms with Crippen LogP contribution >= 0.6 is 0 Å². The SMILES string of the molecule is CCC(C)C(=O)Nc1cccc(CNC(=O)CNC(=O)CCC(C)C)c1. The molecular weight excluding hydrogens is 330 g/mol. The Hall–Kier alpha value is -2.37. The summed E-state index contributed by atoms with van der Waals surface area (Å²) in [4.78, 5) is 35.4. The van der Waals surface area contributed by atoms with Gasteiger partial charge in [-0.1, -0.05) is 39.8 Å². The summed E-state index contributed by atoms with van der Waals surface area (Å²) in [5, 5.41) is 8.26. The van der Waals surface area contributed by atoms with Crippen LogP contribution in [0.1, 0.15) is 52.5 Å². The maximum atomic E-state index is 11.9. The smallest absolute Gasteiger partial charge is 0.239 e. The van der Waals surface area contributed by atoms with Gasteiger partial charge in [0.1, 0.15) is 0 Å². The van der Waals surface area contributed by atoms with Crippen LogP contribution in [0.3, 0.4) is 0 Å². The minimum Gasteiger partial charge on any atom is -0.350 e. The number of carbonyl (C=O) groups is 3. The lowest BCUT2D eigenvalue weighted by atomic mass is 10.1. The van der Waals surface area contributed by atoms with E-state index in [1.54, 1.807) is 0 Å². The molecule has 1 aromatic rings. The maximum Gasteiger partial charge on any atom is 0.239 e. The zero-order chi connectivity index (χ0) is 19.5. The summed E-state index contributed by atoms with van der Waals surface area (Å²) < 4.78 is 0. The van der Waals surface area contributed by atoms with Crippen molar-refractivity contribution in [1.29, 1.82) is 0 Å². The zero-order valence-electron chi connectivity index (χ0n) is 16.2. The molecule has 0 aliphatic carbocycles. The lowest BCUT2D eigenvalue weighted by Crippen LogP contribution is -2.36. The quantitative estimate of drug-likeness (QED) is 0.599. The molecule has 0 fully saturated rings. The fourth-order valence-corrected chi connectivity index (χ4v) is 2.16. The van der Waals surface area contributed by atoms with E-state index < -0.39 is 0 Å². The summed E-state index contributed by atoms with van der Waals surface area (Å²) in [6, 6.07) is 7.37. The second kappa shape index (κ2) is 11.3. The predicted octanol–water partition coefficient (Wildman–Crippen LogP) is 2.84. The molecule has 0 aromatic heterocycles. The molecule has 0 heterocycles. The van der Waals surface area contributed by atoms with Gasteiger partial charge in [0.05, 0.1) is 6.54 Å². The van der Waals surface area contributed by atoms with Crippen LogP contribution in [0.15, 0.2) is 24.3 Å². The summed E-state index contributed by atoms with van der Waals surface area (Å²) in [5.41, 5.74) is 1.59.